The van der Waals surface area contributed by atoms with E-state index in [-0.39, 0.29) is 5.48 Å². The number of hydrogen-bond donors (Lipinski definition) is 0. The van der Waals surface area contributed by atoms with Gasteiger partial charge in [0.2, 0.25) is 0 Å². The number of hydrogen-bond acceptors (Lipinski definition) is 2. The highest BCUT2D eigenvalue weighted by atomic mass is 16.2. The summed E-state index contributed by atoms with van der Waals surface area (Å²) < 4.78 is 0. The lowest BCUT2D eigenvalue weighted by molar-refractivity contribution is 0.257. The summed E-state index contributed by atoms with van der Waals surface area (Å²) in [5.74, 6) is 0. The molecule has 7 heavy (non-hydrogen) atoms. The zero-order chi connectivity index (χ0) is 4.41. The Bertz CT molecular complexity index is 113. The van der Waals surface area contributed by atoms with Gasteiger partial charge < -0.3 is 0 Å². The molecule has 0 saturated heterocycles. The van der Waals surface area contributed by atoms with E-state index in [1.807, 2.05) is 0 Å². The zero-order valence-corrected chi connectivity index (χ0v) is 3.24. The van der Waals surface area contributed by atoms with Crippen molar-refractivity contribution in [2.24, 2.45) is 15.2 Å². The predicted molar refractivity (Wildman–Crippen MR) is 19.4 cm³/mol. The van der Waals surface area contributed by atoms with Gasteiger partial charge in [-0.15, -0.1) is 5.11 Å². The highest BCUT2D eigenvalue weighted by molar-refractivity contribution is 5.87. The minimum atomic E-state index is -0.519. The molecule has 0 aliphatic carbocycles. The normalized spacial score (nSPS) is 14.6. The molecule has 0 bridgehead atoms. The van der Waals surface area contributed by atoms with Crippen molar-refractivity contribution in [3.05, 3.63) is 0 Å². The van der Waals surface area contributed by atoms with Crippen LogP contribution in [-0.2, 0) is 5.48 Å². The second-order valence-electron chi connectivity index (χ2n) is 0.743. The summed E-state index contributed by atoms with van der Waals surface area (Å²) in [4.78, 5) is 12.9. The van der Waals surface area contributed by atoms with E-state index in [1.165, 1.54) is 0 Å². The molecule has 1 heterocycles. The first-order valence-corrected chi connectivity index (χ1v) is 1.37. The first-order valence-electron chi connectivity index (χ1n) is 1.37. The summed E-state index contributed by atoms with van der Waals surface area (Å²) in [5.41, 5.74) is 0. The highest BCUT2D eigenvalue weighted by Gasteiger charge is 1.93. The number of aliphatic imine (C=N–C) groups is 1. The Kier molecular flexibility index (Phi) is 1.80. The monoisotopic (exact) mass is 99.0 g/mol. The fourth-order valence-electron chi connectivity index (χ4n) is 0.176. The molecular formula is C2HN3O2. The molecule has 5 heteroatoms. The van der Waals surface area contributed by atoms with Gasteiger partial charge in [0.25, 0.3) is 0 Å². The van der Waals surface area contributed by atoms with Crippen LogP contribution in [0.5, 0.6) is 0 Å². The van der Waals surface area contributed by atoms with Crippen molar-refractivity contribution >= 4 is 12.4 Å². The summed E-state index contributed by atoms with van der Waals surface area (Å²) in [7, 11) is 0. The van der Waals surface area contributed by atoms with Crippen molar-refractivity contribution in [3.63, 3.8) is 0 Å². The summed E-state index contributed by atoms with van der Waals surface area (Å²) in [5, 5.41) is 6.15. The lowest BCUT2D eigenvalue weighted by atomic mass is 11.1. The van der Waals surface area contributed by atoms with Crippen LogP contribution in [0.25, 0.3) is 0 Å². The largest absolute Gasteiger partial charge is 0.387 e. The van der Waals surface area contributed by atoms with Gasteiger partial charge in [-0.25, -0.2) is 4.79 Å². The Balaban J connectivity index is 0.000000360. The molecule has 1 aliphatic rings. The first kappa shape index (κ1) is 5.90. The number of urea groups is 1. The van der Waals surface area contributed by atoms with E-state index in [0.29, 0.717) is 0 Å². The second-order valence-corrected chi connectivity index (χ2v) is 0.743. The van der Waals surface area contributed by atoms with E-state index < -0.39 is 6.03 Å². The van der Waals surface area contributed by atoms with E-state index in [0.717, 1.165) is 6.34 Å². The van der Waals surface area contributed by atoms with Gasteiger partial charge in [-0.05, 0) is 0 Å². The van der Waals surface area contributed by atoms with E-state index >= 15 is 0 Å². The van der Waals surface area contributed by atoms with Crippen molar-refractivity contribution < 1.29 is 10.3 Å². The van der Waals surface area contributed by atoms with Crippen molar-refractivity contribution in [1.82, 2.24) is 0 Å². The van der Waals surface area contributed by atoms with Crippen LogP contribution < -0.4 is 0 Å². The molecule has 2 amide bonds. The quantitative estimate of drug-likeness (QED) is 0.434. The zero-order valence-electron chi connectivity index (χ0n) is 3.24. The average molecular weight is 99.0 g/mol. The fourth-order valence-corrected chi connectivity index (χ4v) is 0.176. The molecule has 0 unspecified atom stereocenters. The number of rotatable bonds is 0. The number of amides is 2. The molecule has 1 rings (SSSR count). The van der Waals surface area contributed by atoms with Gasteiger partial charge in [0.1, 0.15) is 6.34 Å². The van der Waals surface area contributed by atoms with Gasteiger partial charge >= 0.3 is 6.03 Å². The van der Waals surface area contributed by atoms with Gasteiger partial charge in [0.15, 0.2) is 0 Å². The second kappa shape index (κ2) is 2.14. The summed E-state index contributed by atoms with van der Waals surface area (Å²) in [6.45, 7) is 0. The van der Waals surface area contributed by atoms with Crippen LogP contribution in [0, 0.1) is 0 Å². The smallest absolute Gasteiger partial charge is 0.242 e. The third kappa shape index (κ3) is 1.18. The third-order valence-electron chi connectivity index (χ3n) is 0.363. The van der Waals surface area contributed by atoms with Crippen LogP contribution in [0.4, 0.5) is 4.79 Å². The lowest BCUT2D eigenvalue weighted by Gasteiger charge is -1.58. The molecular weight excluding hydrogens is 98.0 g/mol. The molecule has 5 nitrogen and oxygen atoms in total. The number of carbonyl (C=O) groups is 1. The molecule has 0 spiro atoms. The van der Waals surface area contributed by atoms with E-state index in [4.69, 9.17) is 0 Å². The molecule has 0 N–H and O–H groups in total. The lowest BCUT2D eigenvalue weighted by Crippen LogP contribution is -1.70. The molecule has 2 radical (unpaired) electrons. The maximum atomic E-state index is 9.78. The fraction of sp³-hybridized carbons (Fsp3) is 0. The summed E-state index contributed by atoms with van der Waals surface area (Å²) >= 11 is 0. The van der Waals surface area contributed by atoms with Gasteiger partial charge in [0.05, 0.1) is 0 Å². The van der Waals surface area contributed by atoms with E-state index in [2.05, 4.69) is 15.2 Å². The van der Waals surface area contributed by atoms with Crippen LogP contribution in [0.3, 0.4) is 0 Å². The van der Waals surface area contributed by atoms with E-state index in [1.54, 1.807) is 0 Å². The highest BCUT2D eigenvalue weighted by Crippen LogP contribution is 1.87. The number of nitrogens with zero attached hydrogens (tertiary/aromatic N) is 3. The van der Waals surface area contributed by atoms with Crippen molar-refractivity contribution in [1.29, 1.82) is 0 Å². The predicted octanol–water partition coefficient (Wildman–Crippen LogP) is 0.482. The van der Waals surface area contributed by atoms with Crippen LogP contribution in [0.15, 0.2) is 15.2 Å². The summed E-state index contributed by atoms with van der Waals surface area (Å²) in [6, 6.07) is -0.519. The Labute approximate surface area is 39.1 Å². The van der Waals surface area contributed by atoms with Crippen molar-refractivity contribution in [3.8, 4) is 0 Å². The van der Waals surface area contributed by atoms with Crippen LogP contribution in [-0.4, -0.2) is 12.4 Å². The number of azo groups is 1. The molecule has 0 aromatic carbocycles. The SMILES string of the molecule is O=C1N=CN=N1.[O]. The molecule has 0 aromatic rings. The maximum absolute atomic E-state index is 9.78. The molecule has 0 saturated carbocycles. The standard InChI is InChI=1S/C2HN3O.O/c6-2-3-1-4-5-2;/h1H;. The molecule has 0 aromatic heterocycles. The number of carbonyl (C=O) groups excluding carboxylic acids is 1. The minimum Gasteiger partial charge on any atom is -0.242 e. The molecule has 36 valence electrons. The Morgan fingerprint density at radius 2 is 2.29 bits per heavy atom. The van der Waals surface area contributed by atoms with Gasteiger partial charge in [-0.1, -0.05) is 5.11 Å². The topological polar surface area (TPSA) is 82.7 Å². The van der Waals surface area contributed by atoms with Gasteiger partial charge in [-0.3, -0.25) is 0 Å². The average Bonchev–Trinajstić information content (AvgIpc) is 1.86. The molecule has 0 atom stereocenters. The maximum Gasteiger partial charge on any atom is 0.387 e. The third-order valence-corrected chi connectivity index (χ3v) is 0.363. The van der Waals surface area contributed by atoms with Gasteiger partial charge in [0, 0.05) is 5.48 Å². The van der Waals surface area contributed by atoms with Crippen molar-refractivity contribution in [2.75, 3.05) is 0 Å². The van der Waals surface area contributed by atoms with Crippen LogP contribution in [0.2, 0.25) is 0 Å². The van der Waals surface area contributed by atoms with E-state index in [9.17, 15) is 4.79 Å². The first-order chi connectivity index (χ1) is 2.89. The van der Waals surface area contributed by atoms with Crippen LogP contribution >= 0.6 is 0 Å². The Morgan fingerprint density at radius 3 is 2.43 bits per heavy atom. The van der Waals surface area contributed by atoms with Crippen molar-refractivity contribution in [2.45, 2.75) is 0 Å². The Hall–Kier alpha value is -1.10. The minimum absolute atomic E-state index is 0. The molecule has 0 fully saturated rings. The Morgan fingerprint density at radius 1 is 1.57 bits per heavy atom. The molecule has 1 aliphatic heterocycles. The van der Waals surface area contributed by atoms with Crippen LogP contribution in [0.1, 0.15) is 0 Å². The summed E-state index contributed by atoms with van der Waals surface area (Å²) in [6.07, 6.45) is 1.11. The van der Waals surface area contributed by atoms with Gasteiger partial charge in [-0.2, -0.15) is 4.99 Å².